The third kappa shape index (κ3) is 2.45. The number of pyridine rings is 1. The third-order valence-corrected chi connectivity index (χ3v) is 2.64. The summed E-state index contributed by atoms with van der Waals surface area (Å²) in [6, 6.07) is 5.65. The highest BCUT2D eigenvalue weighted by atomic mass is 79.9. The standard InChI is InChI=1S/C11H6BrFN2O3/c12-7-5-14-6-9(15(16)17)11(7)18-10-4-2-1-3-8(10)13/h1-6H. The summed E-state index contributed by atoms with van der Waals surface area (Å²) in [6.07, 6.45) is 2.38. The number of aromatic nitrogens is 1. The molecular formula is C11H6BrFN2O3. The van der Waals surface area contributed by atoms with Gasteiger partial charge in [0.05, 0.1) is 9.40 Å². The summed E-state index contributed by atoms with van der Waals surface area (Å²) < 4.78 is 18.9. The molecule has 2 rings (SSSR count). The summed E-state index contributed by atoms with van der Waals surface area (Å²) in [5.74, 6) is -0.775. The first-order valence-electron chi connectivity index (χ1n) is 4.80. The largest absolute Gasteiger partial charge is 0.446 e. The molecule has 0 fully saturated rings. The number of rotatable bonds is 3. The van der Waals surface area contributed by atoms with E-state index in [2.05, 4.69) is 20.9 Å². The molecule has 7 heteroatoms. The van der Waals surface area contributed by atoms with E-state index in [4.69, 9.17) is 4.74 Å². The molecule has 0 N–H and O–H groups in total. The smallest absolute Gasteiger partial charge is 0.330 e. The van der Waals surface area contributed by atoms with Crippen molar-refractivity contribution < 1.29 is 14.1 Å². The summed E-state index contributed by atoms with van der Waals surface area (Å²) in [5, 5.41) is 10.8. The van der Waals surface area contributed by atoms with Crippen LogP contribution in [0, 0.1) is 15.9 Å². The van der Waals surface area contributed by atoms with Gasteiger partial charge in [-0.25, -0.2) is 4.39 Å². The van der Waals surface area contributed by atoms with Crippen LogP contribution in [0.3, 0.4) is 0 Å². The quantitative estimate of drug-likeness (QED) is 0.640. The molecule has 0 aliphatic heterocycles. The van der Waals surface area contributed by atoms with Crippen LogP contribution in [0.4, 0.5) is 10.1 Å². The van der Waals surface area contributed by atoms with E-state index in [1.165, 1.54) is 24.4 Å². The maximum absolute atomic E-state index is 13.4. The van der Waals surface area contributed by atoms with E-state index in [0.29, 0.717) is 0 Å². The van der Waals surface area contributed by atoms with Crippen molar-refractivity contribution in [2.75, 3.05) is 0 Å². The molecule has 0 bridgehead atoms. The van der Waals surface area contributed by atoms with Gasteiger partial charge in [0.15, 0.2) is 11.6 Å². The number of para-hydroxylation sites is 1. The van der Waals surface area contributed by atoms with E-state index in [9.17, 15) is 14.5 Å². The van der Waals surface area contributed by atoms with E-state index in [0.717, 1.165) is 6.20 Å². The zero-order chi connectivity index (χ0) is 13.1. The SMILES string of the molecule is O=[N+]([O-])c1cncc(Br)c1Oc1ccccc1F. The van der Waals surface area contributed by atoms with Gasteiger partial charge in [-0.05, 0) is 28.1 Å². The summed E-state index contributed by atoms with van der Waals surface area (Å²) in [6.45, 7) is 0. The van der Waals surface area contributed by atoms with Crippen molar-refractivity contribution in [1.29, 1.82) is 0 Å². The number of benzene rings is 1. The van der Waals surface area contributed by atoms with Gasteiger partial charge < -0.3 is 4.74 Å². The Morgan fingerprint density at radius 3 is 2.72 bits per heavy atom. The summed E-state index contributed by atoms with van der Waals surface area (Å²) >= 11 is 3.08. The third-order valence-electron chi connectivity index (χ3n) is 2.08. The monoisotopic (exact) mass is 312 g/mol. The van der Waals surface area contributed by atoms with Crippen LogP contribution >= 0.6 is 15.9 Å². The highest BCUT2D eigenvalue weighted by Gasteiger charge is 2.20. The van der Waals surface area contributed by atoms with Gasteiger partial charge in [0.25, 0.3) is 0 Å². The molecule has 92 valence electrons. The molecule has 1 aromatic heterocycles. The second-order valence-corrected chi connectivity index (χ2v) is 4.11. The number of halogens is 2. The van der Waals surface area contributed by atoms with Crippen LogP contribution in [0.1, 0.15) is 0 Å². The minimum Gasteiger partial charge on any atom is -0.446 e. The number of hydrogen-bond donors (Lipinski definition) is 0. The molecule has 2 aromatic rings. The van der Waals surface area contributed by atoms with Crippen LogP contribution in [0.15, 0.2) is 41.1 Å². The fourth-order valence-corrected chi connectivity index (χ4v) is 1.68. The van der Waals surface area contributed by atoms with E-state index in [1.807, 2.05) is 0 Å². The molecule has 0 amide bonds. The Morgan fingerprint density at radius 1 is 1.33 bits per heavy atom. The molecule has 0 aliphatic carbocycles. The van der Waals surface area contributed by atoms with E-state index in [1.54, 1.807) is 6.07 Å². The van der Waals surface area contributed by atoms with Crippen molar-refractivity contribution in [2.24, 2.45) is 0 Å². The summed E-state index contributed by atoms with van der Waals surface area (Å²) in [7, 11) is 0. The second-order valence-electron chi connectivity index (χ2n) is 3.26. The number of nitrogens with zero attached hydrogens (tertiary/aromatic N) is 2. The molecule has 0 saturated heterocycles. The van der Waals surface area contributed by atoms with Gasteiger partial charge in [-0.1, -0.05) is 12.1 Å². The van der Waals surface area contributed by atoms with Crippen LogP contribution in [0.5, 0.6) is 11.5 Å². The molecule has 1 heterocycles. The fraction of sp³-hybridized carbons (Fsp3) is 0. The Bertz CT molecular complexity index is 607. The lowest BCUT2D eigenvalue weighted by molar-refractivity contribution is -0.386. The molecule has 0 aliphatic rings. The maximum Gasteiger partial charge on any atom is 0.330 e. The topological polar surface area (TPSA) is 65.3 Å². The van der Waals surface area contributed by atoms with Crippen molar-refractivity contribution in [3.05, 3.63) is 57.1 Å². The van der Waals surface area contributed by atoms with E-state index >= 15 is 0 Å². The first-order chi connectivity index (χ1) is 8.59. The van der Waals surface area contributed by atoms with Crippen molar-refractivity contribution in [3.63, 3.8) is 0 Å². The highest BCUT2D eigenvalue weighted by Crippen LogP contribution is 2.37. The zero-order valence-electron chi connectivity index (χ0n) is 8.84. The molecule has 0 saturated carbocycles. The molecule has 5 nitrogen and oxygen atoms in total. The molecule has 0 atom stereocenters. The van der Waals surface area contributed by atoms with Gasteiger partial charge in [0, 0.05) is 6.20 Å². The Morgan fingerprint density at radius 2 is 2.06 bits per heavy atom. The van der Waals surface area contributed by atoms with Gasteiger partial charge in [0.2, 0.25) is 5.75 Å². The lowest BCUT2D eigenvalue weighted by Crippen LogP contribution is -1.96. The van der Waals surface area contributed by atoms with E-state index < -0.39 is 10.7 Å². The van der Waals surface area contributed by atoms with Crippen LogP contribution in [0.25, 0.3) is 0 Å². The van der Waals surface area contributed by atoms with Gasteiger partial charge >= 0.3 is 5.69 Å². The van der Waals surface area contributed by atoms with Gasteiger partial charge in [-0.15, -0.1) is 0 Å². The summed E-state index contributed by atoms with van der Waals surface area (Å²) in [4.78, 5) is 13.8. The zero-order valence-corrected chi connectivity index (χ0v) is 10.4. The lowest BCUT2D eigenvalue weighted by atomic mass is 10.3. The number of hydrogen-bond acceptors (Lipinski definition) is 4. The van der Waals surface area contributed by atoms with Crippen molar-refractivity contribution in [1.82, 2.24) is 4.98 Å². The average molecular weight is 313 g/mol. The molecular weight excluding hydrogens is 307 g/mol. The number of ether oxygens (including phenoxy) is 1. The van der Waals surface area contributed by atoms with Crippen LogP contribution in [0.2, 0.25) is 0 Å². The molecule has 0 unspecified atom stereocenters. The maximum atomic E-state index is 13.4. The minimum atomic E-state index is -0.645. The predicted molar refractivity (Wildman–Crippen MR) is 65.1 cm³/mol. The van der Waals surface area contributed by atoms with Crippen molar-refractivity contribution in [3.8, 4) is 11.5 Å². The highest BCUT2D eigenvalue weighted by molar-refractivity contribution is 9.10. The number of nitro groups is 1. The molecule has 18 heavy (non-hydrogen) atoms. The van der Waals surface area contributed by atoms with Crippen molar-refractivity contribution >= 4 is 21.6 Å². The molecule has 0 radical (unpaired) electrons. The first-order valence-corrected chi connectivity index (χ1v) is 5.59. The Kier molecular flexibility index (Phi) is 3.52. The lowest BCUT2D eigenvalue weighted by Gasteiger charge is -2.08. The average Bonchev–Trinajstić information content (AvgIpc) is 2.34. The van der Waals surface area contributed by atoms with Crippen molar-refractivity contribution in [2.45, 2.75) is 0 Å². The Hall–Kier alpha value is -2.02. The van der Waals surface area contributed by atoms with Gasteiger partial charge in [-0.3, -0.25) is 15.1 Å². The first kappa shape index (κ1) is 12.4. The Balaban J connectivity index is 2.46. The van der Waals surface area contributed by atoms with Crippen LogP contribution < -0.4 is 4.74 Å². The van der Waals surface area contributed by atoms with Gasteiger partial charge in [0.1, 0.15) is 6.20 Å². The predicted octanol–water partition coefficient (Wildman–Crippen LogP) is 3.68. The second kappa shape index (κ2) is 5.09. The molecule has 0 spiro atoms. The van der Waals surface area contributed by atoms with Crippen LogP contribution in [-0.2, 0) is 0 Å². The summed E-state index contributed by atoms with van der Waals surface area (Å²) in [5.41, 5.74) is -0.340. The Labute approximate surface area is 110 Å². The van der Waals surface area contributed by atoms with Crippen LogP contribution in [-0.4, -0.2) is 9.91 Å². The molecule has 1 aromatic carbocycles. The normalized spacial score (nSPS) is 10.1. The fourth-order valence-electron chi connectivity index (χ4n) is 1.28. The minimum absolute atomic E-state index is 0.0832. The van der Waals surface area contributed by atoms with Gasteiger partial charge in [-0.2, -0.15) is 0 Å². The van der Waals surface area contributed by atoms with E-state index in [-0.39, 0.29) is 21.7 Å².